The summed E-state index contributed by atoms with van der Waals surface area (Å²) in [6.07, 6.45) is -3.87. The molecule has 1 saturated heterocycles. The summed E-state index contributed by atoms with van der Waals surface area (Å²) in [5, 5.41) is -0.465. The lowest BCUT2D eigenvalue weighted by Crippen LogP contribution is -2.40. The molecule has 28 heavy (non-hydrogen) atoms. The first-order valence-electron chi connectivity index (χ1n) is 8.62. The van der Waals surface area contributed by atoms with Crippen molar-refractivity contribution in [1.82, 2.24) is 4.90 Å². The first-order chi connectivity index (χ1) is 13.2. The molecule has 1 aliphatic heterocycles. The maximum Gasteiger partial charge on any atom is 0.417 e. The van der Waals surface area contributed by atoms with Crippen molar-refractivity contribution in [1.29, 1.82) is 0 Å². The van der Waals surface area contributed by atoms with E-state index in [-0.39, 0.29) is 30.4 Å². The molecule has 148 valence electrons. The van der Waals surface area contributed by atoms with E-state index in [9.17, 15) is 27.2 Å². The van der Waals surface area contributed by atoms with Crippen LogP contribution in [0.4, 0.5) is 17.6 Å². The number of likely N-dealkylation sites (tertiary alicyclic amines) is 1. The largest absolute Gasteiger partial charge is 0.417 e. The van der Waals surface area contributed by atoms with Gasteiger partial charge in [-0.15, -0.1) is 0 Å². The monoisotopic (exact) mass is 413 g/mol. The zero-order valence-electron chi connectivity index (χ0n) is 14.6. The molecule has 1 aliphatic rings. The van der Waals surface area contributed by atoms with Crippen LogP contribution in [0.5, 0.6) is 0 Å². The highest BCUT2D eigenvalue weighted by Gasteiger charge is 2.35. The first kappa shape index (κ1) is 20.3. The van der Waals surface area contributed by atoms with Crippen molar-refractivity contribution in [2.45, 2.75) is 19.0 Å². The van der Waals surface area contributed by atoms with E-state index in [4.69, 9.17) is 11.6 Å². The van der Waals surface area contributed by atoms with E-state index >= 15 is 0 Å². The van der Waals surface area contributed by atoms with E-state index in [0.29, 0.717) is 18.4 Å². The zero-order chi connectivity index (χ0) is 20.5. The summed E-state index contributed by atoms with van der Waals surface area (Å²) in [6, 6.07) is 8.33. The number of ketones is 1. The van der Waals surface area contributed by atoms with Gasteiger partial charge in [0.15, 0.2) is 5.78 Å². The Labute approximate surface area is 163 Å². The predicted molar refractivity (Wildman–Crippen MR) is 95.8 cm³/mol. The minimum Gasteiger partial charge on any atom is -0.339 e. The highest BCUT2D eigenvalue weighted by molar-refractivity contribution is 6.31. The van der Waals surface area contributed by atoms with Gasteiger partial charge in [-0.1, -0.05) is 11.6 Å². The number of benzene rings is 2. The van der Waals surface area contributed by atoms with Gasteiger partial charge in [-0.05, 0) is 55.3 Å². The van der Waals surface area contributed by atoms with E-state index in [1.807, 2.05) is 0 Å². The lowest BCUT2D eigenvalue weighted by molar-refractivity contribution is -0.137. The number of carbonyl (C=O) groups excluding carboxylic acids is 2. The lowest BCUT2D eigenvalue weighted by atomic mass is 9.88. The van der Waals surface area contributed by atoms with Gasteiger partial charge in [0.1, 0.15) is 5.82 Å². The quantitative estimate of drug-likeness (QED) is 0.510. The topological polar surface area (TPSA) is 37.4 Å². The molecule has 0 aliphatic carbocycles. The van der Waals surface area contributed by atoms with Crippen molar-refractivity contribution in [3.05, 3.63) is 70.0 Å². The Hall–Kier alpha value is -2.41. The van der Waals surface area contributed by atoms with Crippen LogP contribution in [0.1, 0.15) is 39.1 Å². The Morgan fingerprint density at radius 2 is 1.54 bits per heavy atom. The third-order valence-corrected chi connectivity index (χ3v) is 5.13. The zero-order valence-corrected chi connectivity index (χ0v) is 15.4. The fourth-order valence-corrected chi connectivity index (χ4v) is 3.48. The van der Waals surface area contributed by atoms with Gasteiger partial charge >= 0.3 is 6.18 Å². The second-order valence-electron chi connectivity index (χ2n) is 6.63. The SMILES string of the molecule is O=C(c1ccc(F)cc1)C1CCN(C(=O)c2ccc(Cl)c(C(F)(F)F)c2)CC1. The summed E-state index contributed by atoms with van der Waals surface area (Å²) in [5.41, 5.74) is -0.750. The number of halogens is 5. The fourth-order valence-electron chi connectivity index (χ4n) is 3.25. The normalized spacial score (nSPS) is 15.5. The van der Waals surface area contributed by atoms with Gasteiger partial charge in [-0.2, -0.15) is 13.2 Å². The maximum absolute atomic E-state index is 13.0. The molecule has 2 aromatic rings. The van der Waals surface area contributed by atoms with Gasteiger partial charge in [0.2, 0.25) is 0 Å². The van der Waals surface area contributed by atoms with Crippen molar-refractivity contribution >= 4 is 23.3 Å². The highest BCUT2D eigenvalue weighted by atomic mass is 35.5. The molecule has 3 nitrogen and oxygen atoms in total. The number of piperidine rings is 1. The van der Waals surface area contributed by atoms with Gasteiger partial charge in [-0.3, -0.25) is 9.59 Å². The summed E-state index contributed by atoms with van der Waals surface area (Å²) < 4.78 is 52.0. The average Bonchev–Trinajstić information content (AvgIpc) is 2.67. The molecule has 0 N–H and O–H groups in total. The van der Waals surface area contributed by atoms with Crippen LogP contribution in [0.15, 0.2) is 42.5 Å². The van der Waals surface area contributed by atoms with Gasteiger partial charge in [0.05, 0.1) is 10.6 Å². The van der Waals surface area contributed by atoms with Crippen molar-refractivity contribution in [3.63, 3.8) is 0 Å². The fraction of sp³-hybridized carbons (Fsp3) is 0.300. The molecule has 0 atom stereocenters. The summed E-state index contributed by atoms with van der Waals surface area (Å²) in [4.78, 5) is 26.5. The van der Waals surface area contributed by atoms with Crippen LogP contribution in [0, 0.1) is 11.7 Å². The van der Waals surface area contributed by atoms with Gasteiger partial charge in [0.25, 0.3) is 5.91 Å². The molecule has 0 bridgehead atoms. The van der Waals surface area contributed by atoms with Crippen LogP contribution in [0.25, 0.3) is 0 Å². The lowest BCUT2D eigenvalue weighted by Gasteiger charge is -2.31. The molecule has 1 fully saturated rings. The van der Waals surface area contributed by atoms with Gasteiger partial charge in [0, 0.05) is 30.1 Å². The van der Waals surface area contributed by atoms with Crippen LogP contribution in [0.3, 0.4) is 0 Å². The Morgan fingerprint density at radius 3 is 2.11 bits per heavy atom. The highest BCUT2D eigenvalue weighted by Crippen LogP contribution is 2.35. The molecule has 0 unspecified atom stereocenters. The number of Topliss-reactive ketones (excluding diaryl/α,β-unsaturated/α-hetero) is 1. The number of hydrogen-bond donors (Lipinski definition) is 0. The molecule has 3 rings (SSSR count). The molecular formula is C20H16ClF4NO2. The van der Waals surface area contributed by atoms with Crippen LogP contribution >= 0.6 is 11.6 Å². The van der Waals surface area contributed by atoms with Crippen molar-refractivity contribution in [2.24, 2.45) is 5.92 Å². The Kier molecular flexibility index (Phi) is 5.74. The minimum absolute atomic E-state index is 0.0972. The number of hydrogen-bond acceptors (Lipinski definition) is 2. The maximum atomic E-state index is 13.0. The van der Waals surface area contributed by atoms with Crippen molar-refractivity contribution in [3.8, 4) is 0 Å². The molecule has 0 spiro atoms. The van der Waals surface area contributed by atoms with E-state index in [1.165, 1.54) is 35.2 Å². The number of rotatable bonds is 3. The van der Waals surface area contributed by atoms with Crippen LogP contribution in [-0.2, 0) is 6.18 Å². The van der Waals surface area contributed by atoms with Crippen LogP contribution in [0.2, 0.25) is 5.02 Å². The number of nitrogens with zero attached hydrogens (tertiary/aromatic N) is 1. The molecule has 8 heteroatoms. The molecule has 1 heterocycles. The van der Waals surface area contributed by atoms with Crippen LogP contribution in [-0.4, -0.2) is 29.7 Å². The molecule has 0 aromatic heterocycles. The van der Waals surface area contributed by atoms with Gasteiger partial charge in [-0.25, -0.2) is 4.39 Å². The Balaban J connectivity index is 1.67. The predicted octanol–water partition coefficient (Wildman–Crippen LogP) is 5.23. The van der Waals surface area contributed by atoms with Crippen LogP contribution < -0.4 is 0 Å². The first-order valence-corrected chi connectivity index (χ1v) is 9.00. The standard InChI is InChI=1S/C20H16ClF4NO2/c21-17-6-3-14(11-16(17)20(23,24)25)19(28)26-9-7-13(8-10-26)18(27)12-1-4-15(22)5-2-12/h1-6,11,13H,7-10H2. The van der Waals surface area contributed by atoms with E-state index in [2.05, 4.69) is 0 Å². The summed E-state index contributed by atoms with van der Waals surface area (Å²) in [5.74, 6) is -1.41. The molecule has 0 saturated carbocycles. The average molecular weight is 414 g/mol. The second kappa shape index (κ2) is 7.91. The number of alkyl halides is 3. The summed E-state index contributed by atoms with van der Waals surface area (Å²) >= 11 is 5.59. The third kappa shape index (κ3) is 4.35. The third-order valence-electron chi connectivity index (χ3n) is 4.80. The van der Waals surface area contributed by atoms with E-state index < -0.39 is 28.5 Å². The van der Waals surface area contributed by atoms with Crippen molar-refractivity contribution in [2.75, 3.05) is 13.1 Å². The number of amides is 1. The van der Waals surface area contributed by atoms with E-state index in [0.717, 1.165) is 12.1 Å². The Bertz CT molecular complexity index is 888. The second-order valence-corrected chi connectivity index (χ2v) is 7.04. The van der Waals surface area contributed by atoms with Gasteiger partial charge < -0.3 is 4.90 Å². The smallest absolute Gasteiger partial charge is 0.339 e. The molecule has 1 amide bonds. The minimum atomic E-state index is -4.65. The summed E-state index contributed by atoms with van der Waals surface area (Å²) in [7, 11) is 0. The summed E-state index contributed by atoms with van der Waals surface area (Å²) in [6.45, 7) is 0.501. The molecule has 0 radical (unpaired) electrons. The van der Waals surface area contributed by atoms with E-state index in [1.54, 1.807) is 0 Å². The van der Waals surface area contributed by atoms with Crippen molar-refractivity contribution < 1.29 is 27.2 Å². The molecular weight excluding hydrogens is 398 g/mol. The Morgan fingerprint density at radius 1 is 0.964 bits per heavy atom. The molecule has 2 aromatic carbocycles. The number of carbonyl (C=O) groups is 2.